The lowest BCUT2D eigenvalue weighted by Gasteiger charge is -2.18. The second-order valence-electron chi connectivity index (χ2n) is 4.78. The molecule has 1 aromatic heterocycles. The van der Waals surface area contributed by atoms with Crippen LogP contribution in [0, 0.1) is 19.8 Å². The van der Waals surface area contributed by atoms with Crippen LogP contribution in [-0.4, -0.2) is 21.9 Å². The lowest BCUT2D eigenvalue weighted by Crippen LogP contribution is -2.39. The van der Waals surface area contributed by atoms with E-state index in [0.29, 0.717) is 6.42 Å². The van der Waals surface area contributed by atoms with Crippen LogP contribution in [0.5, 0.6) is 0 Å². The van der Waals surface area contributed by atoms with Crippen molar-refractivity contribution in [3.63, 3.8) is 0 Å². The molecule has 0 saturated carbocycles. The highest BCUT2D eigenvalue weighted by Gasteiger charge is 2.25. The molecular formula is C13H22N4O2S. The van der Waals surface area contributed by atoms with E-state index in [1.807, 2.05) is 27.7 Å². The molecule has 20 heavy (non-hydrogen) atoms. The van der Waals surface area contributed by atoms with Gasteiger partial charge in [-0.3, -0.25) is 4.79 Å². The number of aromatic nitrogens is 1. The highest BCUT2D eigenvalue weighted by Crippen LogP contribution is 2.24. The molecule has 6 nitrogen and oxygen atoms in total. The summed E-state index contributed by atoms with van der Waals surface area (Å²) in [5.74, 6) is -0.865. The van der Waals surface area contributed by atoms with Gasteiger partial charge in [0, 0.05) is 4.88 Å². The van der Waals surface area contributed by atoms with Crippen LogP contribution in [0.4, 0.5) is 0 Å². The number of carbonyl (C=O) groups excluding carboxylic acids is 1. The quantitative estimate of drug-likeness (QED) is 0.324. The van der Waals surface area contributed by atoms with E-state index in [1.165, 1.54) is 0 Å². The van der Waals surface area contributed by atoms with Gasteiger partial charge >= 0.3 is 0 Å². The summed E-state index contributed by atoms with van der Waals surface area (Å²) in [6, 6.07) is -0.139. The molecule has 4 N–H and O–H groups in total. The summed E-state index contributed by atoms with van der Waals surface area (Å²) < 4.78 is 0. The topological polar surface area (TPSA) is 101 Å². The van der Waals surface area contributed by atoms with E-state index >= 15 is 0 Å². The number of hydrogen-bond acceptors (Lipinski definition) is 5. The lowest BCUT2D eigenvalue weighted by molar-refractivity contribution is -0.123. The minimum absolute atomic E-state index is 0.0474. The summed E-state index contributed by atoms with van der Waals surface area (Å²) >= 11 is 1.57. The van der Waals surface area contributed by atoms with Crippen molar-refractivity contribution in [1.29, 1.82) is 0 Å². The number of thiazole rings is 1. The maximum atomic E-state index is 12.2. The first-order chi connectivity index (χ1) is 9.40. The molecule has 0 spiro atoms. The Hall–Kier alpha value is -1.63. The minimum Gasteiger partial charge on any atom is -0.409 e. The van der Waals surface area contributed by atoms with Crippen LogP contribution in [-0.2, 0) is 4.79 Å². The third-order valence-electron chi connectivity index (χ3n) is 3.06. The van der Waals surface area contributed by atoms with E-state index in [-0.39, 0.29) is 17.8 Å². The van der Waals surface area contributed by atoms with E-state index in [1.54, 1.807) is 11.3 Å². The molecule has 0 aromatic carbocycles. The molecule has 0 saturated heterocycles. The fourth-order valence-electron chi connectivity index (χ4n) is 2.10. The average Bonchev–Trinajstić information content (AvgIpc) is 2.74. The summed E-state index contributed by atoms with van der Waals surface area (Å²) in [5.41, 5.74) is 6.51. The summed E-state index contributed by atoms with van der Waals surface area (Å²) in [7, 11) is 0. The molecule has 1 heterocycles. The molecule has 1 aromatic rings. The first-order valence-corrected chi connectivity index (χ1v) is 7.44. The van der Waals surface area contributed by atoms with Crippen molar-refractivity contribution >= 4 is 23.1 Å². The van der Waals surface area contributed by atoms with E-state index in [0.717, 1.165) is 22.0 Å². The number of rotatable bonds is 6. The zero-order valence-corrected chi connectivity index (χ0v) is 13.1. The normalized spacial score (nSPS) is 14.9. The molecule has 112 valence electrons. The second kappa shape index (κ2) is 7.23. The van der Waals surface area contributed by atoms with Crippen molar-refractivity contribution < 1.29 is 10.0 Å². The van der Waals surface area contributed by atoms with Gasteiger partial charge in [0.15, 0.2) is 5.84 Å². The molecule has 0 bridgehead atoms. The van der Waals surface area contributed by atoms with E-state index in [9.17, 15) is 4.79 Å². The fourth-order valence-corrected chi connectivity index (χ4v) is 3.03. The maximum absolute atomic E-state index is 12.2. The zero-order chi connectivity index (χ0) is 15.3. The zero-order valence-electron chi connectivity index (χ0n) is 12.3. The van der Waals surface area contributed by atoms with Crippen LogP contribution in [0.25, 0.3) is 0 Å². The van der Waals surface area contributed by atoms with Crippen molar-refractivity contribution in [3.05, 3.63) is 15.6 Å². The average molecular weight is 298 g/mol. The second-order valence-corrected chi connectivity index (χ2v) is 6.01. The van der Waals surface area contributed by atoms with Gasteiger partial charge in [0.1, 0.15) is 0 Å². The molecule has 2 unspecified atom stereocenters. The van der Waals surface area contributed by atoms with Crippen molar-refractivity contribution in [2.45, 2.75) is 46.6 Å². The SMILES string of the molecule is CCCC(C(=O)NC(C)c1sc(C)nc1C)C(N)=NO. The van der Waals surface area contributed by atoms with Crippen molar-refractivity contribution in [2.75, 3.05) is 0 Å². The van der Waals surface area contributed by atoms with Crippen LogP contribution in [0.1, 0.15) is 48.3 Å². The standard InChI is InChI=1S/C13H22N4O2S/c1-5-6-10(12(14)17-19)13(18)16-8(3)11-7(2)15-9(4)20-11/h8,10,19H,5-6H2,1-4H3,(H2,14,17)(H,16,18). The third-order valence-corrected chi connectivity index (χ3v) is 4.31. The number of aryl methyl sites for hydroxylation is 2. The predicted octanol–water partition coefficient (Wildman–Crippen LogP) is 2.10. The van der Waals surface area contributed by atoms with Crippen molar-refractivity contribution in [1.82, 2.24) is 10.3 Å². The number of hydrogen-bond donors (Lipinski definition) is 3. The number of oxime groups is 1. The first kappa shape index (κ1) is 16.4. The van der Waals surface area contributed by atoms with Gasteiger partial charge in [0.2, 0.25) is 5.91 Å². The van der Waals surface area contributed by atoms with E-state index in [2.05, 4.69) is 15.5 Å². The smallest absolute Gasteiger partial charge is 0.231 e. The van der Waals surface area contributed by atoms with Gasteiger partial charge in [0.05, 0.1) is 22.7 Å². The van der Waals surface area contributed by atoms with E-state index < -0.39 is 5.92 Å². The van der Waals surface area contributed by atoms with Crippen LogP contribution in [0.3, 0.4) is 0 Å². The number of amidine groups is 1. The van der Waals surface area contributed by atoms with Crippen molar-refractivity contribution in [3.8, 4) is 0 Å². The van der Waals surface area contributed by atoms with Gasteiger partial charge in [-0.25, -0.2) is 4.98 Å². The molecular weight excluding hydrogens is 276 g/mol. The number of nitrogens with zero attached hydrogens (tertiary/aromatic N) is 2. The molecule has 0 fully saturated rings. The monoisotopic (exact) mass is 298 g/mol. The van der Waals surface area contributed by atoms with Crippen LogP contribution in [0.2, 0.25) is 0 Å². The number of carbonyl (C=O) groups is 1. The highest BCUT2D eigenvalue weighted by molar-refractivity contribution is 7.11. The van der Waals surface area contributed by atoms with Gasteiger partial charge in [-0.05, 0) is 27.2 Å². The van der Waals surface area contributed by atoms with Gasteiger partial charge in [-0.15, -0.1) is 11.3 Å². The van der Waals surface area contributed by atoms with Crippen LogP contribution < -0.4 is 11.1 Å². The predicted molar refractivity (Wildman–Crippen MR) is 80.0 cm³/mol. The minimum atomic E-state index is -0.596. The maximum Gasteiger partial charge on any atom is 0.231 e. The highest BCUT2D eigenvalue weighted by atomic mass is 32.1. The number of amides is 1. The molecule has 2 atom stereocenters. The Morgan fingerprint density at radius 2 is 2.20 bits per heavy atom. The van der Waals surface area contributed by atoms with E-state index in [4.69, 9.17) is 10.9 Å². The molecule has 7 heteroatoms. The summed E-state index contributed by atoms with van der Waals surface area (Å²) in [6.45, 7) is 7.72. The van der Waals surface area contributed by atoms with Crippen LogP contribution >= 0.6 is 11.3 Å². The largest absolute Gasteiger partial charge is 0.409 e. The van der Waals surface area contributed by atoms with Gasteiger partial charge < -0.3 is 16.3 Å². The Balaban J connectivity index is 2.80. The first-order valence-electron chi connectivity index (χ1n) is 6.62. The molecule has 0 radical (unpaired) electrons. The molecule has 0 aliphatic carbocycles. The Labute approximate surface area is 123 Å². The Morgan fingerprint density at radius 1 is 1.55 bits per heavy atom. The third kappa shape index (κ3) is 3.93. The summed E-state index contributed by atoms with van der Waals surface area (Å²) in [6.07, 6.45) is 1.33. The Bertz CT molecular complexity index is 499. The Morgan fingerprint density at radius 3 is 2.65 bits per heavy atom. The van der Waals surface area contributed by atoms with Gasteiger partial charge in [-0.1, -0.05) is 18.5 Å². The number of nitrogens with two attached hydrogens (primary N) is 1. The molecule has 0 aliphatic heterocycles. The molecule has 0 aliphatic rings. The molecule has 1 amide bonds. The van der Waals surface area contributed by atoms with Crippen molar-refractivity contribution in [2.24, 2.45) is 16.8 Å². The number of nitrogens with one attached hydrogen (secondary N) is 1. The molecule has 1 rings (SSSR count). The van der Waals surface area contributed by atoms with Crippen LogP contribution in [0.15, 0.2) is 5.16 Å². The fraction of sp³-hybridized carbons (Fsp3) is 0.615. The summed E-state index contributed by atoms with van der Waals surface area (Å²) in [5, 5.41) is 15.6. The lowest BCUT2D eigenvalue weighted by atomic mass is 10.0. The Kier molecular flexibility index (Phi) is 5.94. The summed E-state index contributed by atoms with van der Waals surface area (Å²) in [4.78, 5) is 17.6. The van der Waals surface area contributed by atoms with Gasteiger partial charge in [-0.2, -0.15) is 0 Å². The van der Waals surface area contributed by atoms with Gasteiger partial charge in [0.25, 0.3) is 0 Å².